The minimum Gasteiger partial charge on any atom is -0.490 e. The highest BCUT2D eigenvalue weighted by molar-refractivity contribution is 5.93. The lowest BCUT2D eigenvalue weighted by Crippen LogP contribution is -2.26. The summed E-state index contributed by atoms with van der Waals surface area (Å²) < 4.78 is 36.8. The Hall–Kier alpha value is -3.43. The lowest BCUT2D eigenvalue weighted by Gasteiger charge is -2.18. The minimum absolute atomic E-state index is 0.0463. The van der Waals surface area contributed by atoms with Crippen LogP contribution in [0.15, 0.2) is 24.3 Å². The number of halogens is 2. The van der Waals surface area contributed by atoms with Crippen LogP contribution in [0.4, 0.5) is 8.78 Å². The summed E-state index contributed by atoms with van der Waals surface area (Å²) in [4.78, 5) is 14.4. The zero-order valence-corrected chi connectivity index (χ0v) is 18.1. The molecular formula is C21H25F2N5O3. The molecule has 2 aromatic heterocycles. The Balaban J connectivity index is 1.77. The van der Waals surface area contributed by atoms with Gasteiger partial charge in [0.1, 0.15) is 5.69 Å². The molecule has 0 spiro atoms. The van der Waals surface area contributed by atoms with E-state index in [1.807, 2.05) is 20.9 Å². The molecule has 0 bridgehead atoms. The Morgan fingerprint density at radius 1 is 1.26 bits per heavy atom. The van der Waals surface area contributed by atoms with Gasteiger partial charge in [0.25, 0.3) is 5.91 Å². The van der Waals surface area contributed by atoms with Gasteiger partial charge in [-0.05, 0) is 44.5 Å². The number of ether oxygens (including phenoxy) is 2. The Labute approximate surface area is 178 Å². The van der Waals surface area contributed by atoms with E-state index in [0.717, 1.165) is 17.0 Å². The van der Waals surface area contributed by atoms with Gasteiger partial charge in [0.2, 0.25) is 0 Å². The summed E-state index contributed by atoms with van der Waals surface area (Å²) in [5.41, 5.74) is 4.35. The number of alkyl halides is 2. The highest BCUT2D eigenvalue weighted by atomic mass is 19.3. The number of hydrogen-bond acceptors (Lipinski definition) is 5. The maximum atomic E-state index is 12.9. The van der Waals surface area contributed by atoms with E-state index in [1.54, 1.807) is 36.9 Å². The molecule has 31 heavy (non-hydrogen) atoms. The number of rotatable bonds is 8. The molecule has 1 amide bonds. The van der Waals surface area contributed by atoms with Crippen molar-refractivity contribution in [1.29, 1.82) is 0 Å². The number of aryl methyl sites for hydroxylation is 2. The fourth-order valence-electron chi connectivity index (χ4n) is 3.37. The third-order valence-electron chi connectivity index (χ3n) is 4.86. The van der Waals surface area contributed by atoms with Crippen molar-refractivity contribution in [2.45, 2.75) is 33.9 Å². The average molecular weight is 433 g/mol. The van der Waals surface area contributed by atoms with Crippen molar-refractivity contribution in [1.82, 2.24) is 24.9 Å². The maximum Gasteiger partial charge on any atom is 0.387 e. The smallest absolute Gasteiger partial charge is 0.387 e. The Bertz CT molecular complexity index is 1080. The van der Waals surface area contributed by atoms with Crippen molar-refractivity contribution in [3.05, 3.63) is 46.9 Å². The molecule has 2 heterocycles. The van der Waals surface area contributed by atoms with E-state index in [-0.39, 0.29) is 24.0 Å². The number of nitrogens with one attached hydrogen (secondary N) is 1. The summed E-state index contributed by atoms with van der Waals surface area (Å²) in [5, 5.41) is 11.4. The fourth-order valence-corrected chi connectivity index (χ4v) is 3.37. The summed E-state index contributed by atoms with van der Waals surface area (Å²) in [6.45, 7) is 3.17. The Morgan fingerprint density at radius 3 is 2.61 bits per heavy atom. The Morgan fingerprint density at radius 2 is 2.00 bits per heavy atom. The van der Waals surface area contributed by atoms with Crippen LogP contribution in [0.1, 0.15) is 34.4 Å². The molecule has 1 N–H and O–H groups in total. The molecule has 3 rings (SSSR count). The van der Waals surface area contributed by atoms with E-state index >= 15 is 0 Å². The molecule has 0 radical (unpaired) electrons. The van der Waals surface area contributed by atoms with Crippen molar-refractivity contribution in [3.63, 3.8) is 0 Å². The van der Waals surface area contributed by atoms with Gasteiger partial charge in [-0.2, -0.15) is 19.0 Å². The highest BCUT2D eigenvalue weighted by Crippen LogP contribution is 2.30. The number of carbonyl (C=O) groups excluding carboxylic acids is 1. The second kappa shape index (κ2) is 9.15. The molecule has 3 aromatic rings. The third kappa shape index (κ3) is 4.84. The molecule has 0 saturated heterocycles. The fraction of sp³-hybridized carbons (Fsp3) is 0.381. The minimum atomic E-state index is -2.95. The lowest BCUT2D eigenvalue weighted by atomic mass is 10.1. The SMILES string of the molecule is CCOc1cc(CN(C)C(=O)c2cc(-c3c(C)nn(C)c3C)n[nH]2)ccc1OC(F)F. The molecule has 0 fully saturated rings. The molecular weight excluding hydrogens is 408 g/mol. The van der Waals surface area contributed by atoms with E-state index in [4.69, 9.17) is 4.74 Å². The van der Waals surface area contributed by atoms with Gasteiger partial charge in [-0.3, -0.25) is 14.6 Å². The van der Waals surface area contributed by atoms with Gasteiger partial charge in [-0.15, -0.1) is 0 Å². The molecule has 0 aliphatic carbocycles. The number of nitrogens with zero attached hydrogens (tertiary/aromatic N) is 4. The van der Waals surface area contributed by atoms with Crippen LogP contribution in [0, 0.1) is 13.8 Å². The number of amides is 1. The van der Waals surface area contributed by atoms with Crippen LogP contribution >= 0.6 is 0 Å². The van der Waals surface area contributed by atoms with Crippen molar-refractivity contribution in [2.24, 2.45) is 7.05 Å². The van der Waals surface area contributed by atoms with Gasteiger partial charge in [0.15, 0.2) is 11.5 Å². The topological polar surface area (TPSA) is 85.3 Å². The van der Waals surface area contributed by atoms with E-state index in [0.29, 0.717) is 23.6 Å². The van der Waals surface area contributed by atoms with E-state index in [9.17, 15) is 13.6 Å². The molecule has 1 aromatic carbocycles. The summed E-state index contributed by atoms with van der Waals surface area (Å²) >= 11 is 0. The molecule has 10 heteroatoms. The van der Waals surface area contributed by atoms with Gasteiger partial charge in [0, 0.05) is 31.9 Å². The van der Waals surface area contributed by atoms with Crippen molar-refractivity contribution < 1.29 is 23.0 Å². The number of hydrogen-bond donors (Lipinski definition) is 1. The normalized spacial score (nSPS) is 11.1. The van der Waals surface area contributed by atoms with Crippen LogP contribution < -0.4 is 9.47 Å². The number of H-pyrrole nitrogens is 1. The van der Waals surface area contributed by atoms with Crippen LogP contribution in [-0.2, 0) is 13.6 Å². The first kappa shape index (κ1) is 22.3. The van der Waals surface area contributed by atoms with Crippen LogP contribution in [0.3, 0.4) is 0 Å². The molecule has 166 valence electrons. The first-order chi connectivity index (χ1) is 14.7. The van der Waals surface area contributed by atoms with Crippen molar-refractivity contribution in [3.8, 4) is 22.8 Å². The Kier molecular flexibility index (Phi) is 6.57. The summed E-state index contributed by atoms with van der Waals surface area (Å²) in [7, 11) is 3.50. The molecule has 0 unspecified atom stereocenters. The van der Waals surface area contributed by atoms with Gasteiger partial charge in [0.05, 0.1) is 18.0 Å². The highest BCUT2D eigenvalue weighted by Gasteiger charge is 2.20. The molecule has 0 aliphatic heterocycles. The van der Waals surface area contributed by atoms with Crippen LogP contribution in [0.2, 0.25) is 0 Å². The number of carbonyl (C=O) groups is 1. The van der Waals surface area contributed by atoms with Crippen LogP contribution in [0.25, 0.3) is 11.3 Å². The molecule has 0 aliphatic rings. The predicted molar refractivity (Wildman–Crippen MR) is 110 cm³/mol. The van der Waals surface area contributed by atoms with Gasteiger partial charge < -0.3 is 14.4 Å². The summed E-state index contributed by atoms with van der Waals surface area (Å²) in [6, 6.07) is 6.31. The second-order valence-electron chi connectivity index (χ2n) is 7.09. The van der Waals surface area contributed by atoms with Gasteiger partial charge in [-0.1, -0.05) is 6.07 Å². The number of benzene rings is 1. The van der Waals surface area contributed by atoms with Gasteiger partial charge >= 0.3 is 6.61 Å². The molecule has 0 atom stereocenters. The summed E-state index contributed by atoms with van der Waals surface area (Å²) in [6.07, 6.45) is 0. The standard InChI is InChI=1S/C21H25F2N5O3/c1-6-30-18-9-14(7-8-17(18)31-21(22)23)11-27(4)20(29)16-10-15(24-25-16)19-12(2)26-28(5)13(19)3/h7-10,21H,6,11H2,1-5H3,(H,24,25). The second-order valence-corrected chi connectivity index (χ2v) is 7.09. The van der Waals surface area contributed by atoms with Crippen LogP contribution in [0.5, 0.6) is 11.5 Å². The third-order valence-corrected chi connectivity index (χ3v) is 4.86. The van der Waals surface area contributed by atoms with E-state index in [1.165, 1.54) is 11.0 Å². The zero-order chi connectivity index (χ0) is 22.7. The quantitative estimate of drug-likeness (QED) is 0.586. The summed E-state index contributed by atoms with van der Waals surface area (Å²) in [5.74, 6) is -0.105. The maximum absolute atomic E-state index is 12.9. The largest absolute Gasteiger partial charge is 0.490 e. The average Bonchev–Trinajstić information content (AvgIpc) is 3.27. The van der Waals surface area contributed by atoms with E-state index < -0.39 is 6.61 Å². The predicted octanol–water partition coefficient (Wildman–Crippen LogP) is 3.70. The molecule has 0 saturated carbocycles. The van der Waals surface area contributed by atoms with E-state index in [2.05, 4.69) is 20.0 Å². The number of aromatic amines is 1. The van der Waals surface area contributed by atoms with Crippen molar-refractivity contribution >= 4 is 5.91 Å². The first-order valence-electron chi connectivity index (χ1n) is 9.73. The lowest BCUT2D eigenvalue weighted by molar-refractivity contribution is -0.0514. The molecule has 8 nitrogen and oxygen atoms in total. The van der Waals surface area contributed by atoms with Crippen LogP contribution in [-0.4, -0.2) is 51.1 Å². The first-order valence-corrected chi connectivity index (χ1v) is 9.73. The zero-order valence-electron chi connectivity index (χ0n) is 18.1. The van der Waals surface area contributed by atoms with Crippen molar-refractivity contribution in [2.75, 3.05) is 13.7 Å². The monoisotopic (exact) mass is 433 g/mol. The number of aromatic nitrogens is 4. The van der Waals surface area contributed by atoms with Gasteiger partial charge in [-0.25, -0.2) is 0 Å².